The largest absolute Gasteiger partial charge is 0.420 e. The number of carbonyl (C=O) groups excluding carboxylic acids is 1. The number of rotatable bonds is 3. The van der Waals surface area contributed by atoms with E-state index in [-0.39, 0.29) is 29.8 Å². The smallest absolute Gasteiger partial charge is 0.407 e. The zero-order valence-corrected chi connectivity index (χ0v) is 14.7. The molecule has 0 aliphatic carbocycles. The van der Waals surface area contributed by atoms with Crippen LogP contribution in [0.1, 0.15) is 23.4 Å². The molecule has 0 spiro atoms. The van der Waals surface area contributed by atoms with Crippen LogP contribution in [0.15, 0.2) is 38.9 Å². The second kappa shape index (κ2) is 6.10. The summed E-state index contributed by atoms with van der Waals surface area (Å²) < 4.78 is 6.30. The molecule has 2 aromatic heterocycles. The summed E-state index contributed by atoms with van der Waals surface area (Å²) in [6.45, 7) is 2.42. The van der Waals surface area contributed by atoms with Crippen LogP contribution in [-0.4, -0.2) is 26.8 Å². The highest BCUT2D eigenvalue weighted by molar-refractivity contribution is 7.10. The Morgan fingerprint density at radius 3 is 3.00 bits per heavy atom. The molecule has 26 heavy (non-hydrogen) atoms. The second-order valence-electron chi connectivity index (χ2n) is 6.18. The molecule has 1 aliphatic heterocycles. The normalized spacial score (nSPS) is 16.7. The first-order valence-corrected chi connectivity index (χ1v) is 8.97. The fourth-order valence-corrected chi connectivity index (χ4v) is 4.36. The van der Waals surface area contributed by atoms with Crippen molar-refractivity contribution in [2.45, 2.75) is 25.9 Å². The van der Waals surface area contributed by atoms with Gasteiger partial charge in [0.2, 0.25) is 5.91 Å². The van der Waals surface area contributed by atoms with E-state index in [2.05, 4.69) is 0 Å². The van der Waals surface area contributed by atoms with E-state index in [0.29, 0.717) is 12.1 Å². The van der Waals surface area contributed by atoms with Crippen LogP contribution in [0, 0.1) is 10.1 Å². The molecule has 3 aromatic rings. The van der Waals surface area contributed by atoms with E-state index in [1.165, 1.54) is 27.6 Å². The number of oxazole rings is 1. The molecule has 4 rings (SSSR count). The number of hydrogen-bond acceptors (Lipinski definition) is 6. The Balaban J connectivity index is 1.63. The van der Waals surface area contributed by atoms with Crippen molar-refractivity contribution in [3.63, 3.8) is 0 Å². The van der Waals surface area contributed by atoms with Crippen LogP contribution in [0.4, 0.5) is 5.69 Å². The lowest BCUT2D eigenvalue weighted by molar-refractivity contribution is -0.384. The van der Waals surface area contributed by atoms with E-state index < -0.39 is 10.7 Å². The fourth-order valence-electron chi connectivity index (χ4n) is 3.39. The maximum Gasteiger partial charge on any atom is 0.420 e. The zero-order chi connectivity index (χ0) is 18.4. The molecule has 1 aromatic carbocycles. The third-order valence-corrected chi connectivity index (χ3v) is 5.75. The molecule has 9 heteroatoms. The van der Waals surface area contributed by atoms with Crippen LogP contribution in [0.25, 0.3) is 11.1 Å². The van der Waals surface area contributed by atoms with Gasteiger partial charge in [-0.3, -0.25) is 19.5 Å². The first kappa shape index (κ1) is 16.5. The molecule has 134 valence electrons. The van der Waals surface area contributed by atoms with E-state index in [1.54, 1.807) is 16.2 Å². The van der Waals surface area contributed by atoms with Crippen LogP contribution < -0.4 is 5.76 Å². The summed E-state index contributed by atoms with van der Waals surface area (Å²) in [5.41, 5.74) is 1.45. The number of fused-ring (bicyclic) bond motifs is 2. The molecule has 0 saturated carbocycles. The van der Waals surface area contributed by atoms with Crippen molar-refractivity contribution in [2.24, 2.45) is 0 Å². The number of carbonyl (C=O) groups is 1. The van der Waals surface area contributed by atoms with Gasteiger partial charge in [-0.1, -0.05) is 0 Å². The number of nitro benzene ring substituents is 1. The topological polar surface area (TPSA) is 98.6 Å². The van der Waals surface area contributed by atoms with Crippen molar-refractivity contribution in [1.82, 2.24) is 9.47 Å². The van der Waals surface area contributed by atoms with Gasteiger partial charge in [-0.25, -0.2) is 4.79 Å². The summed E-state index contributed by atoms with van der Waals surface area (Å²) in [6.07, 6.45) is 0.802. The van der Waals surface area contributed by atoms with Crippen molar-refractivity contribution in [1.29, 1.82) is 0 Å². The minimum atomic E-state index is -0.699. The number of hydrogen-bond donors (Lipinski definition) is 0. The summed E-state index contributed by atoms with van der Waals surface area (Å²) in [6, 6.07) is 5.90. The molecule has 0 unspecified atom stereocenters. The summed E-state index contributed by atoms with van der Waals surface area (Å²) in [4.78, 5) is 38.3. The molecule has 0 bridgehead atoms. The van der Waals surface area contributed by atoms with E-state index >= 15 is 0 Å². The molecule has 0 saturated heterocycles. The molecule has 1 amide bonds. The van der Waals surface area contributed by atoms with E-state index in [0.717, 1.165) is 12.0 Å². The number of amides is 1. The summed E-state index contributed by atoms with van der Waals surface area (Å²) >= 11 is 1.69. The summed E-state index contributed by atoms with van der Waals surface area (Å²) in [5.74, 6) is -0.882. The predicted molar refractivity (Wildman–Crippen MR) is 95.3 cm³/mol. The van der Waals surface area contributed by atoms with Crippen LogP contribution in [0.2, 0.25) is 0 Å². The van der Waals surface area contributed by atoms with Crippen molar-refractivity contribution in [2.75, 3.05) is 6.54 Å². The maximum atomic E-state index is 12.8. The Morgan fingerprint density at radius 2 is 2.23 bits per heavy atom. The number of thiophene rings is 1. The minimum absolute atomic E-state index is 0.0487. The van der Waals surface area contributed by atoms with Gasteiger partial charge in [-0.05, 0) is 36.4 Å². The van der Waals surface area contributed by atoms with Crippen molar-refractivity contribution in [3.8, 4) is 0 Å². The zero-order valence-electron chi connectivity index (χ0n) is 13.9. The average molecular weight is 373 g/mol. The lowest BCUT2D eigenvalue weighted by atomic mass is 10.0. The second-order valence-corrected chi connectivity index (χ2v) is 7.18. The number of nitrogens with zero attached hydrogens (tertiary/aromatic N) is 3. The Hall–Kier alpha value is -2.94. The Bertz CT molecular complexity index is 1080. The number of nitro groups is 1. The van der Waals surface area contributed by atoms with Crippen molar-refractivity contribution in [3.05, 3.63) is 60.8 Å². The van der Waals surface area contributed by atoms with Gasteiger partial charge >= 0.3 is 5.76 Å². The third kappa shape index (κ3) is 2.60. The van der Waals surface area contributed by atoms with Crippen molar-refractivity contribution >= 4 is 34.0 Å². The van der Waals surface area contributed by atoms with E-state index in [9.17, 15) is 19.7 Å². The van der Waals surface area contributed by atoms with Gasteiger partial charge in [0.05, 0.1) is 22.5 Å². The molecule has 0 radical (unpaired) electrons. The van der Waals surface area contributed by atoms with Crippen LogP contribution in [0.5, 0.6) is 0 Å². The average Bonchev–Trinajstić information content (AvgIpc) is 3.20. The molecule has 3 heterocycles. The minimum Gasteiger partial charge on any atom is -0.407 e. The highest BCUT2D eigenvalue weighted by atomic mass is 32.1. The molecule has 0 N–H and O–H groups in total. The van der Waals surface area contributed by atoms with E-state index in [4.69, 9.17) is 4.42 Å². The van der Waals surface area contributed by atoms with Gasteiger partial charge in [-0.15, -0.1) is 11.3 Å². The van der Waals surface area contributed by atoms with Crippen molar-refractivity contribution < 1.29 is 14.1 Å². The third-order valence-electron chi connectivity index (χ3n) is 4.75. The quantitative estimate of drug-likeness (QED) is 0.519. The lowest BCUT2D eigenvalue weighted by Gasteiger charge is -2.33. The Labute approximate surface area is 151 Å². The van der Waals surface area contributed by atoms with Gasteiger partial charge in [0.25, 0.3) is 5.69 Å². The highest BCUT2D eigenvalue weighted by Crippen LogP contribution is 2.33. The van der Waals surface area contributed by atoms with Gasteiger partial charge in [0, 0.05) is 17.5 Å². The summed E-state index contributed by atoms with van der Waals surface area (Å²) in [5, 5.41) is 12.9. The van der Waals surface area contributed by atoms with E-state index in [1.807, 2.05) is 18.4 Å². The van der Waals surface area contributed by atoms with Gasteiger partial charge in [0.1, 0.15) is 6.54 Å². The lowest BCUT2D eigenvalue weighted by Crippen LogP contribution is -2.41. The van der Waals surface area contributed by atoms with Crippen LogP contribution in [0.3, 0.4) is 0 Å². The number of aromatic nitrogens is 1. The van der Waals surface area contributed by atoms with Gasteiger partial charge in [-0.2, -0.15) is 0 Å². The van der Waals surface area contributed by atoms with Crippen LogP contribution >= 0.6 is 11.3 Å². The predicted octanol–water partition coefficient (Wildman–Crippen LogP) is 2.71. The molecule has 0 fully saturated rings. The highest BCUT2D eigenvalue weighted by Gasteiger charge is 2.29. The number of benzene rings is 1. The molecular weight excluding hydrogens is 358 g/mol. The molecule has 1 atom stereocenters. The monoisotopic (exact) mass is 373 g/mol. The summed E-state index contributed by atoms with van der Waals surface area (Å²) in [7, 11) is 0. The van der Waals surface area contributed by atoms with Gasteiger partial charge in [0.15, 0.2) is 5.58 Å². The maximum absolute atomic E-state index is 12.8. The first-order valence-electron chi connectivity index (χ1n) is 8.09. The Kier molecular flexibility index (Phi) is 3.87. The molecule has 1 aliphatic rings. The van der Waals surface area contributed by atoms with Crippen LogP contribution in [-0.2, 0) is 17.8 Å². The molecule has 8 nitrogen and oxygen atoms in total. The first-order chi connectivity index (χ1) is 12.5. The SMILES string of the molecule is C[C@@H]1c2ccsc2CCN1C(=O)Cn1c(=O)oc2cc([N+](=O)[O-])ccc21. The standard InChI is InChI=1S/C17H15N3O5S/c1-10-12-5-7-26-15(12)4-6-18(10)16(21)9-19-13-3-2-11(20(23)24)8-14(13)25-17(19)22/h2-3,5,7-8,10H,4,6,9H2,1H3/t10-/m1/s1. The Morgan fingerprint density at radius 1 is 1.42 bits per heavy atom. The fraction of sp³-hybridized carbons (Fsp3) is 0.294. The molecular formula is C17H15N3O5S. The number of non-ortho nitro benzene ring substituents is 1. The van der Waals surface area contributed by atoms with Gasteiger partial charge < -0.3 is 9.32 Å².